The Balaban J connectivity index is 7.24. The van der Waals surface area contributed by atoms with Crippen LogP contribution in [0, 0.1) is 0 Å². The van der Waals surface area contributed by atoms with Crippen LogP contribution in [-0.4, -0.2) is 222 Å². The van der Waals surface area contributed by atoms with Crippen LogP contribution >= 0.6 is 0 Å². The number of nitrogens with zero attached hydrogens (tertiary/aromatic N) is 1. The van der Waals surface area contributed by atoms with E-state index in [4.69, 9.17) is 13.3 Å². The molecule has 0 aliphatic carbocycles. The predicted octanol–water partition coefficient (Wildman–Crippen LogP) is -0.427. The van der Waals surface area contributed by atoms with E-state index in [9.17, 15) is 69.6 Å². The van der Waals surface area contributed by atoms with Crippen LogP contribution in [-0.2, 0) is 43.6 Å². The predicted molar refractivity (Wildman–Crippen MR) is 252 cm³/mol. The maximum absolute atomic E-state index is 11.5. The van der Waals surface area contributed by atoms with E-state index in [-0.39, 0.29) is 6.04 Å². The summed E-state index contributed by atoms with van der Waals surface area (Å²) in [5.74, 6) is -2.51. The molecule has 0 unspecified atom stereocenters. The van der Waals surface area contributed by atoms with Gasteiger partial charge in [-0.05, 0) is 32.1 Å². The first-order valence-electron chi connectivity index (χ1n) is 23.4. The summed E-state index contributed by atoms with van der Waals surface area (Å²) in [7, 11) is -16.0. The molecular formula is C40H88N4O18S3Si-. The molecule has 0 atom stereocenters. The van der Waals surface area contributed by atoms with Crippen molar-refractivity contribution in [3.8, 4) is 0 Å². The molecule has 0 saturated carbocycles. The molecule has 0 spiro atoms. The summed E-state index contributed by atoms with van der Waals surface area (Å²) in [6, 6.07) is -0.0489. The molecule has 0 rings (SSSR count). The van der Waals surface area contributed by atoms with Gasteiger partial charge < -0.3 is 68.9 Å². The topological polar surface area (TPSA) is 351 Å². The average Bonchev–Trinajstić information content (AvgIpc) is 3.25. The van der Waals surface area contributed by atoms with Crippen LogP contribution in [0.1, 0.15) is 110 Å². The summed E-state index contributed by atoms with van der Waals surface area (Å²) in [6.07, 6.45) is 16.0. The molecule has 0 heterocycles. The Hall–Kier alpha value is -0.573. The van der Waals surface area contributed by atoms with E-state index in [1.807, 2.05) is 0 Å². The highest BCUT2D eigenvalue weighted by atomic mass is 32.2. The summed E-state index contributed by atoms with van der Waals surface area (Å²) in [6.45, 7) is -1.83. The van der Waals surface area contributed by atoms with Crippen LogP contribution in [0.3, 0.4) is 0 Å². The second kappa shape index (κ2) is 33.9. The number of aliphatic hydroxyl groups excluding tert-OH is 6. The van der Waals surface area contributed by atoms with Crippen molar-refractivity contribution in [2.45, 2.75) is 133 Å². The Kier molecular flexibility index (Phi) is 33.6. The molecule has 0 amide bonds. The Bertz CT molecular complexity index is 1410. The lowest BCUT2D eigenvalue weighted by Gasteiger charge is -2.50. The number of aliphatic hydroxyl groups is 6. The highest BCUT2D eigenvalue weighted by Gasteiger charge is 2.40. The third-order valence-corrected chi connectivity index (χ3v) is 16.7. The van der Waals surface area contributed by atoms with Crippen LogP contribution in [0.5, 0.6) is 0 Å². The summed E-state index contributed by atoms with van der Waals surface area (Å²) in [5.41, 5.74) is -5.40. The molecule has 22 nitrogen and oxygen atoms in total. The average molecular weight is 1040 g/mol. The minimum Gasteiger partial charge on any atom is -0.748 e. The largest absolute Gasteiger partial charge is 0.748 e. The number of hydrogen-bond donors (Lipinski definition) is 11. The molecule has 66 heavy (non-hydrogen) atoms. The molecule has 0 saturated heterocycles. The minimum atomic E-state index is -4.73. The van der Waals surface area contributed by atoms with Gasteiger partial charge in [0, 0.05) is 39.5 Å². The van der Waals surface area contributed by atoms with Crippen molar-refractivity contribution in [1.29, 1.82) is 0 Å². The first-order chi connectivity index (χ1) is 30.9. The fourth-order valence-corrected chi connectivity index (χ4v) is 11.1. The fourth-order valence-electron chi connectivity index (χ4n) is 7.24. The van der Waals surface area contributed by atoms with Gasteiger partial charge in [-0.25, -0.2) is 8.42 Å². The van der Waals surface area contributed by atoms with E-state index in [0.29, 0.717) is 17.4 Å². The Morgan fingerprint density at radius 2 is 0.773 bits per heavy atom. The molecule has 0 aliphatic heterocycles. The van der Waals surface area contributed by atoms with Gasteiger partial charge in [-0.1, -0.05) is 84.1 Å². The SMILES string of the molecule is CCCCCCCCC[N+](C)(CCCCCCCCC)CCC[Si-](OCC(CO)(CO)NCCS(=O)(=O)[O-])(OCC(CO)(CO)NCCS(=O)(=O)O)OCC(CO)(CO)NCCS(=O)(=O)O. The van der Waals surface area contributed by atoms with Gasteiger partial charge in [-0.3, -0.25) is 9.11 Å². The van der Waals surface area contributed by atoms with Crippen LogP contribution in [0.25, 0.3) is 0 Å². The van der Waals surface area contributed by atoms with E-state index >= 15 is 0 Å². The number of nitrogens with one attached hydrogen (secondary N) is 3. The number of quaternary nitrogens is 1. The summed E-state index contributed by atoms with van der Waals surface area (Å²) in [4.78, 5) is 0. The van der Waals surface area contributed by atoms with Crippen molar-refractivity contribution in [3.05, 3.63) is 0 Å². The standard InChI is InChI=1S/C40H88N4O18S3Si/c1-4-6-8-10-12-14-16-22-44(3,23-17-15-13-11-9-7-5-2)24-18-28-66(60-35-38(29-45,30-46)41-19-25-63(51,52)53,61-36-39(31-47,32-48)42-20-26-64(54,55)56)62-37-40(33-49,34-50)43-21-27-65(57,58)59/h41-43,45-50H,4-37H2,1-3H3,(H2-,51,52,53,54,55,56,57,58,59)/q-1. The molecule has 0 fully saturated rings. The minimum absolute atomic E-state index is 0.0489. The third-order valence-electron chi connectivity index (χ3n) is 11.9. The van der Waals surface area contributed by atoms with Crippen molar-refractivity contribution in [2.24, 2.45) is 0 Å². The van der Waals surface area contributed by atoms with E-state index in [1.165, 1.54) is 25.7 Å². The zero-order valence-corrected chi connectivity index (χ0v) is 43.3. The lowest BCUT2D eigenvalue weighted by Crippen LogP contribution is -2.64. The number of rotatable bonds is 47. The van der Waals surface area contributed by atoms with Crippen molar-refractivity contribution in [2.75, 3.05) is 123 Å². The van der Waals surface area contributed by atoms with Crippen molar-refractivity contribution < 1.29 is 87.3 Å². The first kappa shape index (κ1) is 65.4. The van der Waals surface area contributed by atoms with Gasteiger partial charge >= 0.3 is 0 Å². The van der Waals surface area contributed by atoms with Gasteiger partial charge in [0.15, 0.2) is 0 Å². The van der Waals surface area contributed by atoms with Crippen molar-refractivity contribution in [3.63, 3.8) is 0 Å². The van der Waals surface area contributed by atoms with Crippen LogP contribution < -0.4 is 16.0 Å². The van der Waals surface area contributed by atoms with Crippen LogP contribution in [0.15, 0.2) is 0 Å². The zero-order valence-electron chi connectivity index (χ0n) is 39.9. The van der Waals surface area contributed by atoms with Gasteiger partial charge in [0.05, 0.1) is 110 Å². The maximum Gasteiger partial charge on any atom is 0.281 e. The summed E-state index contributed by atoms with van der Waals surface area (Å²) < 4.78 is 119. The zero-order chi connectivity index (χ0) is 50.3. The molecule has 0 bridgehead atoms. The maximum atomic E-state index is 11.5. The molecule has 0 aliphatic rings. The molecule has 0 aromatic rings. The molecular weight excluding hydrogens is 949 g/mol. The Labute approximate surface area is 396 Å². The lowest BCUT2D eigenvalue weighted by atomic mass is 10.0. The molecule has 0 aromatic heterocycles. The van der Waals surface area contributed by atoms with E-state index in [2.05, 4.69) is 36.8 Å². The lowest BCUT2D eigenvalue weighted by molar-refractivity contribution is -0.910. The summed E-state index contributed by atoms with van der Waals surface area (Å²) in [5, 5.41) is 71.2. The normalized spacial score (nSPS) is 13.8. The summed E-state index contributed by atoms with van der Waals surface area (Å²) >= 11 is 0. The molecule has 26 heteroatoms. The van der Waals surface area contributed by atoms with Crippen molar-refractivity contribution in [1.82, 2.24) is 16.0 Å². The van der Waals surface area contributed by atoms with Gasteiger partial charge in [-0.2, -0.15) is 16.8 Å². The van der Waals surface area contributed by atoms with E-state index in [0.717, 1.165) is 77.3 Å². The van der Waals surface area contributed by atoms with Crippen LogP contribution in [0.2, 0.25) is 6.04 Å². The Morgan fingerprint density at radius 1 is 0.485 bits per heavy atom. The molecule has 399 valence electrons. The molecule has 11 N–H and O–H groups in total. The second-order valence-electron chi connectivity index (χ2n) is 18.1. The van der Waals surface area contributed by atoms with E-state index in [1.54, 1.807) is 0 Å². The Morgan fingerprint density at radius 3 is 1.06 bits per heavy atom. The van der Waals surface area contributed by atoms with Gasteiger partial charge in [0.1, 0.15) is 0 Å². The molecule has 0 radical (unpaired) electrons. The van der Waals surface area contributed by atoms with E-state index < -0.39 is 152 Å². The highest BCUT2D eigenvalue weighted by molar-refractivity contribution is 7.86. The monoisotopic (exact) mass is 1040 g/mol. The number of unbranched alkanes of at least 4 members (excludes halogenated alkanes) is 12. The van der Waals surface area contributed by atoms with Gasteiger partial charge in [-0.15, -0.1) is 0 Å². The van der Waals surface area contributed by atoms with Crippen LogP contribution in [0.4, 0.5) is 0 Å². The van der Waals surface area contributed by atoms with Gasteiger partial charge in [0.25, 0.3) is 29.0 Å². The smallest absolute Gasteiger partial charge is 0.281 e. The third kappa shape index (κ3) is 30.2. The van der Waals surface area contributed by atoms with Gasteiger partial charge in [0.2, 0.25) is 0 Å². The second-order valence-corrected chi connectivity index (χ2v) is 25.5. The number of hydrogen-bond acceptors (Lipinski definition) is 19. The van der Waals surface area contributed by atoms with Crippen molar-refractivity contribution >= 4 is 39.2 Å². The quantitative estimate of drug-likeness (QED) is 0.0159. The molecule has 0 aromatic carbocycles. The highest BCUT2D eigenvalue weighted by Crippen LogP contribution is 2.26. The first-order valence-corrected chi connectivity index (χ1v) is 30.2. The fraction of sp³-hybridized carbons (Fsp3) is 1.00.